The van der Waals surface area contributed by atoms with E-state index < -0.39 is 0 Å². The molecule has 2 unspecified atom stereocenters. The van der Waals surface area contributed by atoms with Crippen LogP contribution in [-0.4, -0.2) is 43.7 Å². The van der Waals surface area contributed by atoms with Crippen molar-refractivity contribution in [2.75, 3.05) is 26.8 Å². The lowest BCUT2D eigenvalue weighted by molar-refractivity contribution is -0.139. The highest BCUT2D eigenvalue weighted by Gasteiger charge is 2.27. The Morgan fingerprint density at radius 3 is 2.25 bits per heavy atom. The molecule has 0 bridgehead atoms. The van der Waals surface area contributed by atoms with Crippen molar-refractivity contribution in [3.05, 3.63) is 0 Å². The van der Waals surface area contributed by atoms with E-state index in [2.05, 4.69) is 0 Å². The van der Waals surface area contributed by atoms with Gasteiger partial charge in [-0.2, -0.15) is 0 Å². The van der Waals surface area contributed by atoms with E-state index in [0.29, 0.717) is 19.7 Å². The van der Waals surface area contributed by atoms with Gasteiger partial charge in [0.25, 0.3) is 0 Å². The van der Waals surface area contributed by atoms with Crippen LogP contribution in [0.4, 0.5) is 0 Å². The number of rotatable bonds is 7. The number of hydrogen-bond acceptors (Lipinski definition) is 3. The van der Waals surface area contributed by atoms with Gasteiger partial charge in [0.1, 0.15) is 0 Å². The summed E-state index contributed by atoms with van der Waals surface area (Å²) in [5, 5.41) is 0. The third kappa shape index (κ3) is 4.10. The van der Waals surface area contributed by atoms with Crippen molar-refractivity contribution in [2.45, 2.75) is 33.7 Å². The van der Waals surface area contributed by atoms with Gasteiger partial charge in [0.05, 0.1) is 18.6 Å². The number of likely N-dealkylation sites (N-methyl/N-ethyl adjacent to an activating group) is 1. The smallest absolute Gasteiger partial charge is 0.227 e. The van der Waals surface area contributed by atoms with Crippen molar-refractivity contribution >= 4 is 5.91 Å². The molecular formula is C12H26N2O2. The highest BCUT2D eigenvalue weighted by Crippen LogP contribution is 2.15. The third-order valence-corrected chi connectivity index (χ3v) is 2.94. The van der Waals surface area contributed by atoms with E-state index >= 15 is 0 Å². The van der Waals surface area contributed by atoms with Crippen LogP contribution in [0.2, 0.25) is 0 Å². The quantitative estimate of drug-likeness (QED) is 0.712. The minimum atomic E-state index is -0.0840. The summed E-state index contributed by atoms with van der Waals surface area (Å²) in [4.78, 5) is 14.1. The van der Waals surface area contributed by atoms with Crippen LogP contribution in [0, 0.1) is 11.8 Å². The van der Waals surface area contributed by atoms with Crippen LogP contribution in [0.15, 0.2) is 0 Å². The maximum Gasteiger partial charge on any atom is 0.227 e. The molecule has 1 amide bonds. The second kappa shape index (κ2) is 7.63. The van der Waals surface area contributed by atoms with E-state index in [1.54, 1.807) is 7.11 Å². The summed E-state index contributed by atoms with van der Waals surface area (Å²) in [6, 6.07) is 0.107. The van der Waals surface area contributed by atoms with Gasteiger partial charge < -0.3 is 15.4 Å². The summed E-state index contributed by atoms with van der Waals surface area (Å²) >= 11 is 0. The van der Waals surface area contributed by atoms with Crippen LogP contribution in [0.5, 0.6) is 0 Å². The number of ether oxygens (including phenoxy) is 1. The largest absolute Gasteiger partial charge is 0.383 e. The average Bonchev–Trinajstić information content (AvgIpc) is 2.19. The molecule has 0 aliphatic rings. The van der Waals surface area contributed by atoms with Crippen LogP contribution < -0.4 is 5.73 Å². The van der Waals surface area contributed by atoms with Crippen molar-refractivity contribution in [1.82, 2.24) is 4.90 Å². The summed E-state index contributed by atoms with van der Waals surface area (Å²) in [7, 11) is 1.65. The zero-order valence-corrected chi connectivity index (χ0v) is 11.2. The fourth-order valence-corrected chi connectivity index (χ4v) is 1.89. The summed E-state index contributed by atoms with van der Waals surface area (Å²) in [5.41, 5.74) is 5.66. The van der Waals surface area contributed by atoms with E-state index in [0.717, 1.165) is 0 Å². The van der Waals surface area contributed by atoms with E-state index in [1.165, 1.54) is 0 Å². The molecule has 16 heavy (non-hydrogen) atoms. The van der Waals surface area contributed by atoms with Crippen molar-refractivity contribution in [3.63, 3.8) is 0 Å². The molecule has 0 aromatic rings. The van der Waals surface area contributed by atoms with Gasteiger partial charge in [-0.1, -0.05) is 13.8 Å². The molecule has 0 aromatic heterocycles. The third-order valence-electron chi connectivity index (χ3n) is 2.94. The van der Waals surface area contributed by atoms with Crippen molar-refractivity contribution < 1.29 is 9.53 Å². The van der Waals surface area contributed by atoms with Gasteiger partial charge in [-0.05, 0) is 19.8 Å². The Labute approximate surface area is 99.1 Å². The van der Waals surface area contributed by atoms with Gasteiger partial charge >= 0.3 is 0 Å². The molecule has 0 saturated carbocycles. The maximum atomic E-state index is 12.3. The first-order chi connectivity index (χ1) is 7.49. The van der Waals surface area contributed by atoms with Crippen LogP contribution in [0.1, 0.15) is 27.7 Å². The highest BCUT2D eigenvalue weighted by molar-refractivity contribution is 5.79. The second-order valence-corrected chi connectivity index (χ2v) is 4.51. The van der Waals surface area contributed by atoms with Gasteiger partial charge in [-0.15, -0.1) is 0 Å². The number of hydrogen-bond donors (Lipinski definition) is 1. The molecule has 2 atom stereocenters. The van der Waals surface area contributed by atoms with Crippen molar-refractivity contribution in [2.24, 2.45) is 17.6 Å². The first-order valence-electron chi connectivity index (χ1n) is 5.98. The van der Waals surface area contributed by atoms with Gasteiger partial charge in [0, 0.05) is 20.2 Å². The fourth-order valence-electron chi connectivity index (χ4n) is 1.89. The Bertz CT molecular complexity index is 207. The summed E-state index contributed by atoms with van der Waals surface area (Å²) in [6.07, 6.45) is 0. The predicted molar refractivity (Wildman–Crippen MR) is 66.1 cm³/mol. The fraction of sp³-hybridized carbons (Fsp3) is 0.917. The number of nitrogens with zero attached hydrogens (tertiary/aromatic N) is 1. The molecule has 0 fully saturated rings. The molecule has 0 aliphatic carbocycles. The van der Waals surface area contributed by atoms with E-state index in [4.69, 9.17) is 10.5 Å². The van der Waals surface area contributed by atoms with Gasteiger partial charge in [-0.25, -0.2) is 0 Å². The van der Waals surface area contributed by atoms with Crippen LogP contribution in [-0.2, 0) is 9.53 Å². The molecule has 0 aliphatic heterocycles. The summed E-state index contributed by atoms with van der Waals surface area (Å²) in [5.74, 6) is 0.338. The van der Waals surface area contributed by atoms with Gasteiger partial charge in [0.2, 0.25) is 5.91 Å². The molecule has 2 N–H and O–H groups in total. The molecule has 0 spiro atoms. The molecule has 0 aromatic carbocycles. The minimum absolute atomic E-state index is 0.0840. The Morgan fingerprint density at radius 2 is 1.94 bits per heavy atom. The number of nitrogens with two attached hydrogens (primary N) is 1. The Morgan fingerprint density at radius 1 is 1.38 bits per heavy atom. The Hall–Kier alpha value is -0.610. The minimum Gasteiger partial charge on any atom is -0.383 e. The first kappa shape index (κ1) is 15.4. The van der Waals surface area contributed by atoms with Crippen molar-refractivity contribution in [1.29, 1.82) is 0 Å². The number of methoxy groups -OCH3 is 1. The molecule has 0 radical (unpaired) electrons. The van der Waals surface area contributed by atoms with Gasteiger partial charge in [0.15, 0.2) is 0 Å². The second-order valence-electron chi connectivity index (χ2n) is 4.51. The molecular weight excluding hydrogens is 204 g/mol. The van der Waals surface area contributed by atoms with Crippen LogP contribution >= 0.6 is 0 Å². The number of amides is 1. The topological polar surface area (TPSA) is 55.6 Å². The SMILES string of the molecule is CCN(C(=O)C(CN)C(C)C)C(C)COC. The van der Waals surface area contributed by atoms with Crippen LogP contribution in [0.25, 0.3) is 0 Å². The van der Waals surface area contributed by atoms with E-state index in [-0.39, 0.29) is 23.8 Å². The lowest BCUT2D eigenvalue weighted by Gasteiger charge is -2.32. The lowest BCUT2D eigenvalue weighted by atomic mass is 9.94. The average molecular weight is 230 g/mol. The summed E-state index contributed by atoms with van der Waals surface area (Å²) in [6.45, 7) is 9.72. The molecule has 4 heteroatoms. The molecule has 0 heterocycles. The van der Waals surface area contributed by atoms with E-state index in [9.17, 15) is 4.79 Å². The monoisotopic (exact) mass is 230 g/mol. The molecule has 4 nitrogen and oxygen atoms in total. The zero-order valence-electron chi connectivity index (χ0n) is 11.2. The normalized spacial score (nSPS) is 14.9. The van der Waals surface area contributed by atoms with Crippen molar-refractivity contribution in [3.8, 4) is 0 Å². The van der Waals surface area contributed by atoms with Gasteiger partial charge in [-0.3, -0.25) is 4.79 Å². The zero-order chi connectivity index (χ0) is 12.7. The molecule has 0 rings (SSSR count). The molecule has 96 valence electrons. The Balaban J connectivity index is 4.62. The summed E-state index contributed by atoms with van der Waals surface area (Å²) < 4.78 is 5.09. The Kier molecular flexibility index (Phi) is 7.34. The maximum absolute atomic E-state index is 12.3. The predicted octanol–water partition coefficient (Wildman–Crippen LogP) is 1.10. The molecule has 0 saturated heterocycles. The number of carbonyl (C=O) groups excluding carboxylic acids is 1. The van der Waals surface area contributed by atoms with E-state index in [1.807, 2.05) is 32.6 Å². The lowest BCUT2D eigenvalue weighted by Crippen LogP contribution is -2.47. The first-order valence-corrected chi connectivity index (χ1v) is 5.98. The highest BCUT2D eigenvalue weighted by atomic mass is 16.5. The standard InChI is InChI=1S/C12H26N2O2/c1-6-14(10(4)8-16-5)12(15)11(7-13)9(2)3/h9-11H,6-8,13H2,1-5H3. The van der Waals surface area contributed by atoms with Crippen LogP contribution in [0.3, 0.4) is 0 Å². The number of carbonyl (C=O) groups is 1.